The summed E-state index contributed by atoms with van der Waals surface area (Å²) in [4.78, 5) is 0. The number of benzene rings is 1. The van der Waals surface area contributed by atoms with Gasteiger partial charge >= 0.3 is 0 Å². The van der Waals surface area contributed by atoms with Crippen LogP contribution in [0.5, 0.6) is 0 Å². The van der Waals surface area contributed by atoms with E-state index in [0.717, 1.165) is 36.1 Å². The Balaban J connectivity index is 1.67. The fourth-order valence-electron chi connectivity index (χ4n) is 1.90. The lowest BCUT2D eigenvalue weighted by Crippen LogP contribution is -2.29. The minimum Gasteiger partial charge on any atom is -0.362 e. The van der Waals surface area contributed by atoms with Crippen LogP contribution in [-0.2, 0) is 13.0 Å². The Morgan fingerprint density at radius 1 is 1.33 bits per heavy atom. The molecule has 2 rings (SSSR count). The maximum Gasteiger partial charge on any atom is 0.170 e. The van der Waals surface area contributed by atoms with E-state index in [9.17, 15) is 0 Å². The van der Waals surface area contributed by atoms with Gasteiger partial charge in [-0.25, -0.2) is 0 Å². The SMILES string of the molecule is CCc1ccc(NC(=S)NCCCn2cc(Br)cn2)cc1. The van der Waals surface area contributed by atoms with Gasteiger partial charge in [-0.3, -0.25) is 4.68 Å². The highest BCUT2D eigenvalue weighted by Gasteiger charge is 1.99. The lowest BCUT2D eigenvalue weighted by atomic mass is 10.1. The van der Waals surface area contributed by atoms with Crippen LogP contribution >= 0.6 is 28.1 Å². The molecule has 2 N–H and O–H groups in total. The predicted octanol–water partition coefficient (Wildman–Crippen LogP) is 3.58. The molecule has 0 aliphatic heterocycles. The molecule has 0 spiro atoms. The molecule has 2 aromatic rings. The van der Waals surface area contributed by atoms with Gasteiger partial charge in [0.05, 0.1) is 10.7 Å². The maximum atomic E-state index is 5.28. The molecule has 4 nitrogen and oxygen atoms in total. The lowest BCUT2D eigenvalue weighted by molar-refractivity contribution is 0.573. The van der Waals surface area contributed by atoms with E-state index < -0.39 is 0 Å². The highest BCUT2D eigenvalue weighted by atomic mass is 79.9. The van der Waals surface area contributed by atoms with Gasteiger partial charge in [0.2, 0.25) is 0 Å². The number of thiocarbonyl (C=S) groups is 1. The Morgan fingerprint density at radius 2 is 2.10 bits per heavy atom. The Bertz CT molecular complexity index is 580. The number of rotatable bonds is 6. The van der Waals surface area contributed by atoms with Gasteiger partial charge < -0.3 is 10.6 Å². The zero-order valence-electron chi connectivity index (χ0n) is 12.0. The molecule has 0 amide bonds. The van der Waals surface area contributed by atoms with E-state index in [1.165, 1.54) is 5.56 Å². The van der Waals surface area contributed by atoms with Crippen LogP contribution in [0.15, 0.2) is 41.1 Å². The van der Waals surface area contributed by atoms with E-state index in [1.807, 2.05) is 23.0 Å². The van der Waals surface area contributed by atoms with Crippen molar-refractivity contribution in [2.75, 3.05) is 11.9 Å². The molecule has 0 unspecified atom stereocenters. The number of aryl methyl sites for hydroxylation is 2. The molecule has 0 saturated carbocycles. The molecule has 1 heterocycles. The Hall–Kier alpha value is -1.40. The first-order valence-electron chi connectivity index (χ1n) is 6.99. The summed E-state index contributed by atoms with van der Waals surface area (Å²) in [7, 11) is 0. The second kappa shape index (κ2) is 8.14. The van der Waals surface area contributed by atoms with E-state index in [4.69, 9.17) is 12.2 Å². The number of nitrogens with one attached hydrogen (secondary N) is 2. The van der Waals surface area contributed by atoms with E-state index in [2.05, 4.69) is 50.7 Å². The average Bonchev–Trinajstić information content (AvgIpc) is 2.90. The Kier molecular flexibility index (Phi) is 6.20. The summed E-state index contributed by atoms with van der Waals surface area (Å²) in [5, 5.41) is 11.3. The standard InChI is InChI=1S/C15H19BrN4S/c1-2-12-4-6-14(7-5-12)19-15(21)17-8-3-9-20-11-13(16)10-18-20/h4-7,10-11H,2-3,8-9H2,1H3,(H2,17,19,21). The minimum atomic E-state index is 0.654. The van der Waals surface area contributed by atoms with Crippen LogP contribution < -0.4 is 10.6 Å². The smallest absolute Gasteiger partial charge is 0.170 e. The minimum absolute atomic E-state index is 0.654. The van der Waals surface area contributed by atoms with E-state index in [1.54, 1.807) is 6.20 Å². The molecule has 0 radical (unpaired) electrons. The first-order valence-corrected chi connectivity index (χ1v) is 8.19. The number of aromatic nitrogens is 2. The summed E-state index contributed by atoms with van der Waals surface area (Å²) < 4.78 is 2.91. The fraction of sp³-hybridized carbons (Fsp3) is 0.333. The van der Waals surface area contributed by atoms with Crippen LogP contribution in [0.4, 0.5) is 5.69 Å². The highest BCUT2D eigenvalue weighted by Crippen LogP contribution is 2.09. The summed E-state index contributed by atoms with van der Waals surface area (Å²) in [6, 6.07) is 8.32. The van der Waals surface area contributed by atoms with Crippen LogP contribution in [0.25, 0.3) is 0 Å². The van der Waals surface area contributed by atoms with Crippen molar-refractivity contribution in [3.63, 3.8) is 0 Å². The van der Waals surface area contributed by atoms with Crippen molar-refractivity contribution in [1.29, 1.82) is 0 Å². The monoisotopic (exact) mass is 366 g/mol. The van der Waals surface area contributed by atoms with Gasteiger partial charge in [-0.2, -0.15) is 5.10 Å². The molecule has 21 heavy (non-hydrogen) atoms. The molecular formula is C15H19BrN4S. The third-order valence-electron chi connectivity index (χ3n) is 3.07. The van der Waals surface area contributed by atoms with Crippen LogP contribution in [0.1, 0.15) is 18.9 Å². The molecule has 1 aromatic carbocycles. The molecule has 1 aromatic heterocycles. The van der Waals surface area contributed by atoms with Crippen molar-refractivity contribution in [2.45, 2.75) is 26.3 Å². The molecule has 6 heteroatoms. The van der Waals surface area contributed by atoms with Gasteiger partial charge in [0.1, 0.15) is 0 Å². The molecular weight excluding hydrogens is 348 g/mol. The summed E-state index contributed by atoms with van der Waals surface area (Å²) in [6.07, 6.45) is 5.77. The molecule has 0 bridgehead atoms. The first-order chi connectivity index (χ1) is 10.2. The number of hydrogen-bond donors (Lipinski definition) is 2. The van der Waals surface area contributed by atoms with Gasteiger partial charge in [-0.05, 0) is 58.7 Å². The second-order valence-electron chi connectivity index (χ2n) is 4.71. The molecule has 0 saturated heterocycles. The highest BCUT2D eigenvalue weighted by molar-refractivity contribution is 9.10. The fourth-order valence-corrected chi connectivity index (χ4v) is 2.45. The van der Waals surface area contributed by atoms with Gasteiger partial charge in [-0.1, -0.05) is 19.1 Å². The molecule has 0 aliphatic carbocycles. The normalized spacial score (nSPS) is 10.4. The zero-order valence-corrected chi connectivity index (χ0v) is 14.4. The van der Waals surface area contributed by atoms with Gasteiger partial charge in [0.15, 0.2) is 5.11 Å². The van der Waals surface area contributed by atoms with Crippen molar-refractivity contribution in [3.05, 3.63) is 46.7 Å². The van der Waals surface area contributed by atoms with Crippen molar-refractivity contribution in [3.8, 4) is 0 Å². The van der Waals surface area contributed by atoms with Crippen molar-refractivity contribution >= 4 is 38.9 Å². The third kappa shape index (κ3) is 5.47. The predicted molar refractivity (Wildman–Crippen MR) is 94.6 cm³/mol. The topological polar surface area (TPSA) is 41.9 Å². The van der Waals surface area contributed by atoms with Gasteiger partial charge in [0, 0.05) is 25.0 Å². The van der Waals surface area contributed by atoms with Crippen LogP contribution in [0, 0.1) is 0 Å². The largest absolute Gasteiger partial charge is 0.362 e. The second-order valence-corrected chi connectivity index (χ2v) is 6.03. The zero-order chi connectivity index (χ0) is 15.1. The number of anilines is 1. The van der Waals surface area contributed by atoms with E-state index in [-0.39, 0.29) is 0 Å². The van der Waals surface area contributed by atoms with Crippen LogP contribution in [0.3, 0.4) is 0 Å². The summed E-state index contributed by atoms with van der Waals surface area (Å²) >= 11 is 8.66. The number of hydrogen-bond acceptors (Lipinski definition) is 2. The third-order valence-corrected chi connectivity index (χ3v) is 3.73. The van der Waals surface area contributed by atoms with Crippen LogP contribution in [0.2, 0.25) is 0 Å². The van der Waals surface area contributed by atoms with Crippen molar-refractivity contribution in [1.82, 2.24) is 15.1 Å². The molecule has 0 aliphatic rings. The van der Waals surface area contributed by atoms with Gasteiger partial charge in [0.25, 0.3) is 0 Å². The number of halogens is 1. The quantitative estimate of drug-likeness (QED) is 0.605. The summed E-state index contributed by atoms with van der Waals surface area (Å²) in [5.74, 6) is 0. The average molecular weight is 367 g/mol. The van der Waals surface area contributed by atoms with Crippen molar-refractivity contribution < 1.29 is 0 Å². The summed E-state index contributed by atoms with van der Waals surface area (Å²) in [5.41, 5.74) is 2.34. The number of nitrogens with zero attached hydrogens (tertiary/aromatic N) is 2. The Labute approximate surface area is 139 Å². The lowest BCUT2D eigenvalue weighted by Gasteiger charge is -2.11. The van der Waals surface area contributed by atoms with Crippen molar-refractivity contribution in [2.24, 2.45) is 0 Å². The van der Waals surface area contributed by atoms with Crippen LogP contribution in [-0.4, -0.2) is 21.4 Å². The maximum absolute atomic E-state index is 5.28. The Morgan fingerprint density at radius 3 is 2.71 bits per heavy atom. The molecule has 112 valence electrons. The van der Waals surface area contributed by atoms with Gasteiger partial charge in [-0.15, -0.1) is 0 Å². The molecule has 0 fully saturated rings. The first kappa shape index (κ1) is 16.0. The van der Waals surface area contributed by atoms with E-state index >= 15 is 0 Å². The summed E-state index contributed by atoms with van der Waals surface area (Å²) in [6.45, 7) is 3.83. The van der Waals surface area contributed by atoms with E-state index in [0.29, 0.717) is 5.11 Å². The molecule has 0 atom stereocenters.